The highest BCUT2D eigenvalue weighted by molar-refractivity contribution is 7.99. The number of rotatable bonds is 6. The predicted octanol–water partition coefficient (Wildman–Crippen LogP) is 4.23. The Kier molecular flexibility index (Phi) is 5.70. The third-order valence-corrected chi connectivity index (χ3v) is 6.54. The summed E-state index contributed by atoms with van der Waals surface area (Å²) in [5, 5.41) is 10.0. The van der Waals surface area contributed by atoms with Crippen molar-refractivity contribution in [2.45, 2.75) is 37.7 Å². The Morgan fingerprint density at radius 1 is 1.36 bits per heavy atom. The Morgan fingerprint density at radius 3 is 2.72 bits per heavy atom. The average Bonchev–Trinajstić information content (AvgIpc) is 3.13. The Balaban J connectivity index is 1.78. The predicted molar refractivity (Wildman–Crippen MR) is 101 cm³/mol. The van der Waals surface area contributed by atoms with Gasteiger partial charge in [-0.05, 0) is 44.4 Å². The van der Waals surface area contributed by atoms with Crippen LogP contribution in [0, 0.1) is 17.8 Å². The van der Waals surface area contributed by atoms with E-state index in [0.717, 1.165) is 23.3 Å². The summed E-state index contributed by atoms with van der Waals surface area (Å²) in [6.45, 7) is 8.24. The topological polar surface area (TPSA) is 46.5 Å². The molecule has 1 aromatic rings. The molecule has 1 aliphatic heterocycles. The molecule has 3 nitrogen and oxygen atoms in total. The van der Waals surface area contributed by atoms with Crippen LogP contribution in [0.2, 0.25) is 0 Å². The number of cyclic esters (lactones) is 1. The van der Waals surface area contributed by atoms with Crippen LogP contribution in [0.1, 0.15) is 26.7 Å². The smallest absolute Gasteiger partial charge is 0.310 e. The highest BCUT2D eigenvalue weighted by Crippen LogP contribution is 2.45. The number of aliphatic hydroxyl groups excluding tert-OH is 1. The van der Waals surface area contributed by atoms with E-state index in [1.54, 1.807) is 11.8 Å². The zero-order chi connectivity index (χ0) is 18.0. The molecule has 1 N–H and O–H groups in total. The molecule has 4 atom stereocenters. The average molecular weight is 359 g/mol. The monoisotopic (exact) mass is 358 g/mol. The van der Waals surface area contributed by atoms with Gasteiger partial charge in [-0.25, -0.2) is 0 Å². The molecule has 1 saturated heterocycles. The molecule has 0 saturated carbocycles. The maximum atomic E-state index is 12.5. The first-order valence-corrected chi connectivity index (χ1v) is 9.85. The second-order valence-electron chi connectivity index (χ2n) is 7.11. The number of ether oxygens (including phenoxy) is 1. The van der Waals surface area contributed by atoms with Crippen molar-refractivity contribution in [3.63, 3.8) is 0 Å². The zero-order valence-electron chi connectivity index (χ0n) is 14.9. The maximum absolute atomic E-state index is 12.5. The van der Waals surface area contributed by atoms with Crippen molar-refractivity contribution in [1.82, 2.24) is 0 Å². The van der Waals surface area contributed by atoms with Gasteiger partial charge in [0.25, 0.3) is 0 Å². The summed E-state index contributed by atoms with van der Waals surface area (Å²) in [7, 11) is 0. The highest BCUT2D eigenvalue weighted by Gasteiger charge is 2.48. The van der Waals surface area contributed by atoms with E-state index in [2.05, 4.69) is 13.5 Å². The second kappa shape index (κ2) is 7.79. The van der Waals surface area contributed by atoms with Crippen molar-refractivity contribution in [1.29, 1.82) is 0 Å². The Bertz CT molecular complexity index is 680. The van der Waals surface area contributed by atoms with Crippen LogP contribution in [-0.4, -0.2) is 29.5 Å². The molecule has 2 aliphatic rings. The van der Waals surface area contributed by atoms with Crippen LogP contribution in [0.15, 0.2) is 58.5 Å². The molecular formula is C21H26O3S. The van der Waals surface area contributed by atoms with Gasteiger partial charge in [0.05, 0.1) is 12.5 Å². The van der Waals surface area contributed by atoms with Gasteiger partial charge < -0.3 is 9.84 Å². The van der Waals surface area contributed by atoms with Crippen molar-refractivity contribution in [2.75, 3.05) is 12.4 Å². The van der Waals surface area contributed by atoms with Gasteiger partial charge in [0.1, 0.15) is 6.10 Å². The molecule has 134 valence electrons. The number of aliphatic hydroxyl groups is 1. The fourth-order valence-corrected chi connectivity index (χ4v) is 5.11. The van der Waals surface area contributed by atoms with E-state index < -0.39 is 0 Å². The minimum absolute atomic E-state index is 0.0316. The van der Waals surface area contributed by atoms with E-state index in [4.69, 9.17) is 4.74 Å². The largest absolute Gasteiger partial charge is 0.457 e. The van der Waals surface area contributed by atoms with Crippen LogP contribution in [0.4, 0.5) is 0 Å². The van der Waals surface area contributed by atoms with Gasteiger partial charge in [-0.2, -0.15) is 0 Å². The molecule has 1 aromatic carbocycles. The van der Waals surface area contributed by atoms with E-state index in [0.29, 0.717) is 5.75 Å². The van der Waals surface area contributed by atoms with E-state index in [-0.39, 0.29) is 36.4 Å². The van der Waals surface area contributed by atoms with Crippen molar-refractivity contribution < 1.29 is 14.6 Å². The lowest BCUT2D eigenvalue weighted by molar-refractivity contribution is -0.142. The molecule has 0 spiro atoms. The number of carbonyl (C=O) groups is 1. The summed E-state index contributed by atoms with van der Waals surface area (Å²) in [4.78, 5) is 13.7. The Morgan fingerprint density at radius 2 is 2.08 bits per heavy atom. The molecule has 0 unspecified atom stereocenters. The van der Waals surface area contributed by atoms with Crippen molar-refractivity contribution >= 4 is 17.7 Å². The Hall–Kier alpha value is -1.52. The molecule has 25 heavy (non-hydrogen) atoms. The first-order valence-electron chi connectivity index (χ1n) is 8.87. The summed E-state index contributed by atoms with van der Waals surface area (Å²) in [5.74, 6) is 0.280. The molecule has 0 radical (unpaired) electrons. The molecule has 0 aromatic heterocycles. The van der Waals surface area contributed by atoms with E-state index in [9.17, 15) is 9.90 Å². The van der Waals surface area contributed by atoms with Crippen LogP contribution in [0.3, 0.4) is 0 Å². The lowest BCUT2D eigenvalue weighted by atomic mass is 9.82. The summed E-state index contributed by atoms with van der Waals surface area (Å²) < 4.78 is 5.79. The lowest BCUT2D eigenvalue weighted by Gasteiger charge is -2.25. The standard InChI is InChI=1S/C21H26O3S/c1-13(2)16-10-9-14(3)19(16)20-17(11-22)18(21(23)24-20)12-25-15-7-5-4-6-8-15/h4-8,16-18,20,22H,1,9-12H2,2-3H3/t16-,17-,18-,20-/m1/s1. The number of allylic oxidation sites excluding steroid dienone is 2. The summed E-state index contributed by atoms with van der Waals surface area (Å²) in [5.41, 5.74) is 3.59. The molecule has 3 rings (SSSR count). The minimum atomic E-state index is -0.303. The summed E-state index contributed by atoms with van der Waals surface area (Å²) in [6, 6.07) is 10.0. The zero-order valence-corrected chi connectivity index (χ0v) is 15.7. The first-order chi connectivity index (χ1) is 12.0. The van der Waals surface area contributed by atoms with Crippen LogP contribution in [0.5, 0.6) is 0 Å². The fraction of sp³-hybridized carbons (Fsp3) is 0.476. The number of carbonyl (C=O) groups excluding carboxylic acids is 1. The minimum Gasteiger partial charge on any atom is -0.457 e. The van der Waals surface area contributed by atoms with E-state index >= 15 is 0 Å². The lowest BCUT2D eigenvalue weighted by Crippen LogP contribution is -2.29. The molecule has 1 fully saturated rings. The third-order valence-electron chi connectivity index (χ3n) is 5.41. The van der Waals surface area contributed by atoms with Crippen molar-refractivity contribution in [3.05, 3.63) is 53.6 Å². The third kappa shape index (κ3) is 3.70. The number of thioether (sulfide) groups is 1. The van der Waals surface area contributed by atoms with Gasteiger partial charge in [-0.15, -0.1) is 11.8 Å². The molecule has 1 aliphatic carbocycles. The number of hydrogen-bond donors (Lipinski definition) is 1. The van der Waals surface area contributed by atoms with Crippen LogP contribution >= 0.6 is 11.8 Å². The van der Waals surface area contributed by atoms with Crippen LogP contribution in [0.25, 0.3) is 0 Å². The van der Waals surface area contributed by atoms with Gasteiger partial charge in [0.2, 0.25) is 0 Å². The van der Waals surface area contributed by atoms with E-state index in [1.807, 2.05) is 37.3 Å². The highest BCUT2D eigenvalue weighted by atomic mass is 32.2. The van der Waals surface area contributed by atoms with Gasteiger partial charge >= 0.3 is 5.97 Å². The molecule has 0 amide bonds. The normalized spacial score (nSPS) is 29.2. The van der Waals surface area contributed by atoms with E-state index in [1.165, 1.54) is 11.1 Å². The second-order valence-corrected chi connectivity index (χ2v) is 8.20. The Labute approximate surface area is 154 Å². The first kappa shape index (κ1) is 18.3. The van der Waals surface area contributed by atoms with Gasteiger partial charge in [0.15, 0.2) is 0 Å². The number of hydrogen-bond acceptors (Lipinski definition) is 4. The molecule has 0 bridgehead atoms. The summed E-state index contributed by atoms with van der Waals surface area (Å²) >= 11 is 1.65. The van der Waals surface area contributed by atoms with Gasteiger partial charge in [-0.3, -0.25) is 4.79 Å². The number of benzene rings is 1. The van der Waals surface area contributed by atoms with Crippen LogP contribution < -0.4 is 0 Å². The fourth-order valence-electron chi connectivity index (χ4n) is 4.01. The number of esters is 1. The van der Waals surface area contributed by atoms with Crippen LogP contribution in [-0.2, 0) is 9.53 Å². The van der Waals surface area contributed by atoms with Crippen molar-refractivity contribution in [3.8, 4) is 0 Å². The SMILES string of the molecule is C=C(C)[C@H]1CCC(C)=C1[C@@H]1OC(=O)[C@H](CSc2ccccc2)[C@H]1CO. The van der Waals surface area contributed by atoms with Crippen molar-refractivity contribution in [2.24, 2.45) is 17.8 Å². The molecule has 4 heteroatoms. The molecule has 1 heterocycles. The van der Waals surface area contributed by atoms with Gasteiger partial charge in [0, 0.05) is 22.5 Å². The maximum Gasteiger partial charge on any atom is 0.310 e. The quantitative estimate of drug-likeness (QED) is 0.470. The van der Waals surface area contributed by atoms with Gasteiger partial charge in [-0.1, -0.05) is 35.9 Å². The summed E-state index contributed by atoms with van der Waals surface area (Å²) in [6.07, 6.45) is 1.75. The molecular weight excluding hydrogens is 332 g/mol.